The Balaban J connectivity index is 1.75. The van der Waals surface area contributed by atoms with E-state index in [-0.39, 0.29) is 0 Å². The van der Waals surface area contributed by atoms with E-state index in [1.54, 1.807) is 0 Å². The van der Waals surface area contributed by atoms with Crippen LogP contribution >= 0.6 is 15.9 Å². The summed E-state index contributed by atoms with van der Waals surface area (Å²) in [6, 6.07) is 9.17. The van der Waals surface area contributed by atoms with Gasteiger partial charge < -0.3 is 5.32 Å². The second kappa shape index (κ2) is 5.13. The highest BCUT2D eigenvalue weighted by atomic mass is 79.9. The molecular weight excluding hydrogens is 250 g/mol. The summed E-state index contributed by atoms with van der Waals surface area (Å²) in [4.78, 5) is 0. The molecule has 1 N–H and O–H groups in total. The maximum Gasteiger partial charge on any atom is 0.0207 e. The highest BCUT2D eigenvalue weighted by Gasteiger charge is 2.27. The number of halogens is 1. The fourth-order valence-corrected chi connectivity index (χ4v) is 2.38. The van der Waals surface area contributed by atoms with Crippen LogP contribution in [0.4, 0.5) is 0 Å². The van der Waals surface area contributed by atoms with Crippen molar-refractivity contribution in [2.45, 2.75) is 32.2 Å². The van der Waals surface area contributed by atoms with Crippen molar-refractivity contribution in [3.8, 4) is 0 Å². The van der Waals surface area contributed by atoms with Gasteiger partial charge in [-0.05, 0) is 50.3 Å². The van der Waals surface area contributed by atoms with E-state index in [0.717, 1.165) is 18.9 Å². The molecule has 1 fully saturated rings. The van der Waals surface area contributed by atoms with E-state index in [9.17, 15) is 0 Å². The Kier molecular flexibility index (Phi) is 3.81. The SMILES string of the molecule is CC(NCCc1ccccc1Br)C1CC1. The minimum atomic E-state index is 0.701. The van der Waals surface area contributed by atoms with Crippen LogP contribution in [0.1, 0.15) is 25.3 Å². The maximum absolute atomic E-state index is 3.60. The zero-order chi connectivity index (χ0) is 10.7. The van der Waals surface area contributed by atoms with Crippen molar-refractivity contribution >= 4 is 15.9 Å². The van der Waals surface area contributed by atoms with Crippen molar-refractivity contribution in [1.29, 1.82) is 0 Å². The molecule has 82 valence electrons. The first kappa shape index (κ1) is 11.2. The van der Waals surface area contributed by atoms with E-state index < -0.39 is 0 Å². The third-order valence-corrected chi connectivity index (χ3v) is 3.92. The largest absolute Gasteiger partial charge is 0.314 e. The van der Waals surface area contributed by atoms with Crippen molar-refractivity contribution in [2.75, 3.05) is 6.54 Å². The Morgan fingerprint density at radius 3 is 2.80 bits per heavy atom. The lowest BCUT2D eigenvalue weighted by molar-refractivity contribution is 0.500. The molecule has 0 saturated heterocycles. The van der Waals surface area contributed by atoms with Crippen LogP contribution in [-0.2, 0) is 6.42 Å². The average Bonchev–Trinajstić information content (AvgIpc) is 3.04. The summed E-state index contributed by atoms with van der Waals surface area (Å²) >= 11 is 3.58. The van der Waals surface area contributed by atoms with Gasteiger partial charge in [0.05, 0.1) is 0 Å². The lowest BCUT2D eigenvalue weighted by Gasteiger charge is -2.12. The molecule has 0 radical (unpaired) electrons. The van der Waals surface area contributed by atoms with E-state index >= 15 is 0 Å². The standard InChI is InChI=1S/C13H18BrN/c1-10(11-6-7-11)15-9-8-12-4-2-3-5-13(12)14/h2-5,10-11,15H,6-9H2,1H3. The van der Waals surface area contributed by atoms with Gasteiger partial charge in [0.15, 0.2) is 0 Å². The van der Waals surface area contributed by atoms with Gasteiger partial charge in [-0.15, -0.1) is 0 Å². The quantitative estimate of drug-likeness (QED) is 0.863. The zero-order valence-corrected chi connectivity index (χ0v) is 10.8. The predicted octanol–water partition coefficient (Wildman–Crippen LogP) is 3.38. The average molecular weight is 268 g/mol. The molecular formula is C13H18BrN. The minimum absolute atomic E-state index is 0.701. The Hall–Kier alpha value is -0.340. The fraction of sp³-hybridized carbons (Fsp3) is 0.538. The van der Waals surface area contributed by atoms with Gasteiger partial charge >= 0.3 is 0 Å². The maximum atomic E-state index is 3.60. The molecule has 1 unspecified atom stereocenters. The molecule has 2 rings (SSSR count). The molecule has 0 aliphatic heterocycles. The first-order valence-corrected chi connectivity index (χ1v) is 6.53. The Morgan fingerprint density at radius 1 is 1.40 bits per heavy atom. The second-order valence-corrected chi connectivity index (χ2v) is 5.28. The number of benzene rings is 1. The third kappa shape index (κ3) is 3.32. The van der Waals surface area contributed by atoms with Crippen LogP contribution < -0.4 is 5.32 Å². The molecule has 1 aromatic rings. The van der Waals surface area contributed by atoms with Gasteiger partial charge in [0.1, 0.15) is 0 Å². The Bertz CT molecular complexity index is 320. The lowest BCUT2D eigenvalue weighted by atomic mass is 10.1. The molecule has 1 nitrogen and oxygen atoms in total. The first-order chi connectivity index (χ1) is 7.27. The summed E-state index contributed by atoms with van der Waals surface area (Å²) in [6.07, 6.45) is 3.95. The van der Waals surface area contributed by atoms with Crippen LogP contribution in [0.2, 0.25) is 0 Å². The van der Waals surface area contributed by atoms with Crippen LogP contribution in [0.25, 0.3) is 0 Å². The molecule has 0 amide bonds. The molecule has 1 saturated carbocycles. The molecule has 0 heterocycles. The second-order valence-electron chi connectivity index (χ2n) is 4.42. The molecule has 2 heteroatoms. The van der Waals surface area contributed by atoms with Gasteiger partial charge in [-0.1, -0.05) is 34.1 Å². The van der Waals surface area contributed by atoms with E-state index in [0.29, 0.717) is 6.04 Å². The number of hydrogen-bond donors (Lipinski definition) is 1. The number of hydrogen-bond acceptors (Lipinski definition) is 1. The van der Waals surface area contributed by atoms with Gasteiger partial charge in [0.25, 0.3) is 0 Å². The van der Waals surface area contributed by atoms with Gasteiger partial charge in [0, 0.05) is 10.5 Å². The molecule has 1 aliphatic rings. The molecule has 0 aromatic heterocycles. The minimum Gasteiger partial charge on any atom is -0.314 e. The zero-order valence-electron chi connectivity index (χ0n) is 9.17. The summed E-state index contributed by atoms with van der Waals surface area (Å²) in [7, 11) is 0. The molecule has 0 spiro atoms. The molecule has 0 bridgehead atoms. The van der Waals surface area contributed by atoms with Crippen molar-refractivity contribution in [3.63, 3.8) is 0 Å². The van der Waals surface area contributed by atoms with Crippen LogP contribution in [0.5, 0.6) is 0 Å². The van der Waals surface area contributed by atoms with Gasteiger partial charge in [-0.3, -0.25) is 0 Å². The normalized spacial score (nSPS) is 17.7. The van der Waals surface area contributed by atoms with Crippen LogP contribution in [0.3, 0.4) is 0 Å². The molecule has 1 atom stereocenters. The van der Waals surface area contributed by atoms with Gasteiger partial charge in [0.2, 0.25) is 0 Å². The van der Waals surface area contributed by atoms with Crippen molar-refractivity contribution in [1.82, 2.24) is 5.32 Å². The van der Waals surface area contributed by atoms with E-state index in [1.165, 1.54) is 22.9 Å². The predicted molar refractivity (Wildman–Crippen MR) is 68.0 cm³/mol. The molecule has 15 heavy (non-hydrogen) atoms. The summed E-state index contributed by atoms with van der Waals surface area (Å²) < 4.78 is 1.23. The van der Waals surface area contributed by atoms with E-state index in [1.807, 2.05) is 0 Å². The fourth-order valence-electron chi connectivity index (χ4n) is 1.90. The van der Waals surface area contributed by atoms with E-state index in [2.05, 4.69) is 52.4 Å². The summed E-state index contributed by atoms with van der Waals surface area (Å²) in [6.45, 7) is 3.39. The third-order valence-electron chi connectivity index (χ3n) is 3.15. The Labute approximate surface area is 100 Å². The van der Waals surface area contributed by atoms with Gasteiger partial charge in [-0.25, -0.2) is 0 Å². The molecule has 1 aromatic carbocycles. The summed E-state index contributed by atoms with van der Waals surface area (Å²) in [5.74, 6) is 0.948. The van der Waals surface area contributed by atoms with Crippen molar-refractivity contribution in [2.24, 2.45) is 5.92 Å². The van der Waals surface area contributed by atoms with E-state index in [4.69, 9.17) is 0 Å². The monoisotopic (exact) mass is 267 g/mol. The van der Waals surface area contributed by atoms with Crippen LogP contribution in [-0.4, -0.2) is 12.6 Å². The highest BCUT2D eigenvalue weighted by molar-refractivity contribution is 9.10. The summed E-state index contributed by atoms with van der Waals surface area (Å²) in [5, 5.41) is 3.60. The number of nitrogens with one attached hydrogen (secondary N) is 1. The smallest absolute Gasteiger partial charge is 0.0207 e. The van der Waals surface area contributed by atoms with Crippen LogP contribution in [0.15, 0.2) is 28.7 Å². The highest BCUT2D eigenvalue weighted by Crippen LogP contribution is 2.32. The molecule has 1 aliphatic carbocycles. The lowest BCUT2D eigenvalue weighted by Crippen LogP contribution is -2.29. The van der Waals surface area contributed by atoms with Crippen molar-refractivity contribution in [3.05, 3.63) is 34.3 Å². The van der Waals surface area contributed by atoms with Gasteiger partial charge in [-0.2, -0.15) is 0 Å². The Morgan fingerprint density at radius 2 is 2.13 bits per heavy atom. The first-order valence-electron chi connectivity index (χ1n) is 5.74. The number of rotatable bonds is 5. The van der Waals surface area contributed by atoms with Crippen LogP contribution in [0, 0.1) is 5.92 Å². The summed E-state index contributed by atoms with van der Waals surface area (Å²) in [5.41, 5.74) is 1.40. The topological polar surface area (TPSA) is 12.0 Å². The van der Waals surface area contributed by atoms with Crippen molar-refractivity contribution < 1.29 is 0 Å².